The summed E-state index contributed by atoms with van der Waals surface area (Å²) in [6.45, 7) is 3.79. The average molecular weight is 397 g/mol. The summed E-state index contributed by atoms with van der Waals surface area (Å²) in [5, 5.41) is 28.1. The number of fused-ring (bicyclic) bond motifs is 1. The molecule has 5 heteroatoms. The van der Waals surface area contributed by atoms with Gasteiger partial charge in [-0.1, -0.05) is 58.8 Å². The molecule has 1 aliphatic heterocycles. The van der Waals surface area contributed by atoms with Crippen LogP contribution in [0.25, 0.3) is 0 Å². The Balaban J connectivity index is 1.73. The van der Waals surface area contributed by atoms with Crippen LogP contribution in [-0.2, 0) is 9.53 Å². The molecule has 2 rings (SSSR count). The molecule has 5 nitrogen and oxygen atoms in total. The summed E-state index contributed by atoms with van der Waals surface area (Å²) in [7, 11) is 0. The highest BCUT2D eigenvalue weighted by Gasteiger charge is 2.43. The summed E-state index contributed by atoms with van der Waals surface area (Å²) >= 11 is 0. The maximum Gasteiger partial charge on any atom is 0.225 e. The van der Waals surface area contributed by atoms with Crippen LogP contribution < -0.4 is 0 Å². The lowest BCUT2D eigenvalue weighted by Crippen LogP contribution is -2.14. The van der Waals surface area contributed by atoms with Crippen molar-refractivity contribution in [2.24, 2.45) is 17.8 Å². The molecule has 0 spiro atoms. The van der Waals surface area contributed by atoms with Crippen LogP contribution in [0.1, 0.15) is 90.9 Å². The highest BCUT2D eigenvalue weighted by molar-refractivity contribution is 5.94. The number of hydrogen-bond donors (Lipinski definition) is 3. The lowest BCUT2D eigenvalue weighted by atomic mass is 9.85. The van der Waals surface area contributed by atoms with Crippen molar-refractivity contribution in [2.45, 2.75) is 103 Å². The molecule has 0 aromatic rings. The molecule has 0 aromatic heterocycles. The molecule has 0 radical (unpaired) electrons. The van der Waals surface area contributed by atoms with Crippen molar-refractivity contribution in [3.05, 3.63) is 11.5 Å². The minimum absolute atomic E-state index is 0.0879. The van der Waals surface area contributed by atoms with E-state index in [0.29, 0.717) is 18.4 Å². The van der Waals surface area contributed by atoms with E-state index in [1.54, 1.807) is 0 Å². The summed E-state index contributed by atoms with van der Waals surface area (Å²) in [5.74, 6) is 0.368. The first-order chi connectivity index (χ1) is 13.5. The number of allylic oxidation sites excluding steroid dienone is 1. The van der Waals surface area contributed by atoms with Gasteiger partial charge in [-0.05, 0) is 43.4 Å². The molecule has 28 heavy (non-hydrogen) atoms. The normalized spacial score (nSPS) is 28.8. The minimum Gasteiger partial charge on any atom is -0.508 e. The van der Waals surface area contributed by atoms with Crippen LogP contribution in [0.5, 0.6) is 0 Å². The maximum atomic E-state index is 11.2. The molecule has 162 valence electrons. The molecule has 3 N–H and O–H groups in total. The molecule has 1 aliphatic carbocycles. The Kier molecular flexibility index (Phi) is 9.80. The summed E-state index contributed by atoms with van der Waals surface area (Å²) in [5.41, 5.74) is 0. The van der Waals surface area contributed by atoms with Gasteiger partial charge in [-0.25, -0.2) is 0 Å². The number of unbranched alkanes of at least 4 members (excludes halogenated alkanes) is 1. The largest absolute Gasteiger partial charge is 0.508 e. The first-order valence-electron chi connectivity index (χ1n) is 11.4. The van der Waals surface area contributed by atoms with Crippen LogP contribution in [0.3, 0.4) is 0 Å². The van der Waals surface area contributed by atoms with Crippen molar-refractivity contribution in [1.82, 2.24) is 0 Å². The van der Waals surface area contributed by atoms with Crippen molar-refractivity contribution in [3.8, 4) is 0 Å². The molecule has 5 atom stereocenters. The number of ether oxygens (including phenoxy) is 1. The zero-order valence-corrected chi connectivity index (χ0v) is 17.7. The Bertz CT molecular complexity index is 515. The fraction of sp³-hybridized carbons (Fsp3) is 0.870. The molecule has 2 fully saturated rings. The van der Waals surface area contributed by atoms with Crippen LogP contribution in [0, 0.1) is 17.8 Å². The van der Waals surface area contributed by atoms with Crippen LogP contribution in [0.2, 0.25) is 0 Å². The van der Waals surface area contributed by atoms with Gasteiger partial charge in [0, 0.05) is 6.42 Å². The zero-order chi connectivity index (χ0) is 20.5. The lowest BCUT2D eigenvalue weighted by molar-refractivity contribution is -0.120. The quantitative estimate of drug-likeness (QED) is 0.293. The van der Waals surface area contributed by atoms with Crippen molar-refractivity contribution in [2.75, 3.05) is 6.61 Å². The van der Waals surface area contributed by atoms with Crippen LogP contribution in [0.15, 0.2) is 11.5 Å². The van der Waals surface area contributed by atoms with E-state index in [-0.39, 0.29) is 18.3 Å². The summed E-state index contributed by atoms with van der Waals surface area (Å²) in [6.07, 6.45) is 13.9. The van der Waals surface area contributed by atoms with Crippen LogP contribution in [-0.4, -0.2) is 39.9 Å². The molecule has 0 bridgehead atoms. The second-order valence-corrected chi connectivity index (χ2v) is 8.80. The Labute approximate surface area is 170 Å². The van der Waals surface area contributed by atoms with Crippen molar-refractivity contribution >= 4 is 5.78 Å². The first kappa shape index (κ1) is 23.2. The van der Waals surface area contributed by atoms with Gasteiger partial charge in [0.25, 0.3) is 0 Å². The fourth-order valence-electron chi connectivity index (χ4n) is 5.14. The number of carbonyl (C=O) groups is 1. The monoisotopic (exact) mass is 396 g/mol. The van der Waals surface area contributed by atoms with E-state index in [1.807, 2.05) is 0 Å². The van der Waals surface area contributed by atoms with Gasteiger partial charge in [0.15, 0.2) is 5.76 Å². The van der Waals surface area contributed by atoms with E-state index in [2.05, 4.69) is 13.8 Å². The molecule has 0 amide bonds. The van der Waals surface area contributed by atoms with Gasteiger partial charge in [-0.2, -0.15) is 0 Å². The second-order valence-electron chi connectivity index (χ2n) is 8.80. The zero-order valence-electron chi connectivity index (χ0n) is 17.7. The Morgan fingerprint density at radius 3 is 2.54 bits per heavy atom. The molecular formula is C23H40O5. The third kappa shape index (κ3) is 6.48. The summed E-state index contributed by atoms with van der Waals surface area (Å²) < 4.78 is 6.18. The lowest BCUT2D eigenvalue weighted by Gasteiger charge is -2.19. The van der Waals surface area contributed by atoms with E-state index in [9.17, 15) is 15.0 Å². The number of ketones is 1. The third-order valence-corrected chi connectivity index (χ3v) is 6.92. The van der Waals surface area contributed by atoms with Crippen molar-refractivity contribution < 1.29 is 24.9 Å². The number of Topliss-reactive ketones (excluding diaryl/α,β-unsaturated/α-hetero) is 1. The predicted octanol–water partition coefficient (Wildman–Crippen LogP) is 5.23. The van der Waals surface area contributed by atoms with Gasteiger partial charge in [0.2, 0.25) is 5.78 Å². The fourth-order valence-corrected chi connectivity index (χ4v) is 5.14. The molecular weight excluding hydrogens is 356 g/mol. The van der Waals surface area contributed by atoms with Gasteiger partial charge in [0.1, 0.15) is 12.4 Å². The number of rotatable bonds is 13. The molecule has 1 saturated heterocycles. The van der Waals surface area contributed by atoms with Gasteiger partial charge < -0.3 is 20.1 Å². The van der Waals surface area contributed by atoms with Gasteiger partial charge >= 0.3 is 0 Å². The number of carbonyl (C=O) groups excluding carboxylic acids is 1. The first-order valence-corrected chi connectivity index (χ1v) is 11.4. The predicted molar refractivity (Wildman–Crippen MR) is 110 cm³/mol. The SMILES string of the molecule is CCCC[C@@H](CC)CCC[C@H]1CC[C@@H]2OC(CCC(O)=C(O)C(=O)CO)C[C@H]12. The Morgan fingerprint density at radius 2 is 1.86 bits per heavy atom. The van der Waals surface area contributed by atoms with E-state index in [0.717, 1.165) is 24.7 Å². The molecule has 0 aromatic carbocycles. The summed E-state index contributed by atoms with van der Waals surface area (Å²) in [4.78, 5) is 11.2. The third-order valence-electron chi connectivity index (χ3n) is 6.92. The van der Waals surface area contributed by atoms with Gasteiger partial charge in [-0.15, -0.1) is 0 Å². The van der Waals surface area contributed by atoms with E-state index in [1.165, 1.54) is 51.4 Å². The molecule has 1 unspecified atom stereocenters. The molecule has 1 saturated carbocycles. The van der Waals surface area contributed by atoms with E-state index in [4.69, 9.17) is 9.84 Å². The average Bonchev–Trinajstić information content (AvgIpc) is 3.28. The van der Waals surface area contributed by atoms with Gasteiger partial charge in [-0.3, -0.25) is 4.79 Å². The minimum atomic E-state index is -0.842. The standard InChI is InChI=1S/C23H40O5/c1-3-5-7-16(4-2)8-6-9-17-10-13-22-19(17)14-18(28-22)11-12-20(25)23(27)21(26)15-24/h16-19,22,24-25,27H,3-15H2,1-2H3/t16-,17+,18?,19-,22+/m1/s1. The topological polar surface area (TPSA) is 87.0 Å². The number of aliphatic hydroxyl groups excluding tert-OH is 3. The van der Waals surface area contributed by atoms with E-state index < -0.39 is 18.1 Å². The number of hydrogen-bond acceptors (Lipinski definition) is 5. The summed E-state index contributed by atoms with van der Waals surface area (Å²) in [6, 6.07) is 0. The highest BCUT2D eigenvalue weighted by atomic mass is 16.5. The highest BCUT2D eigenvalue weighted by Crippen LogP contribution is 2.46. The number of aliphatic hydroxyl groups is 3. The van der Waals surface area contributed by atoms with Crippen LogP contribution >= 0.6 is 0 Å². The Morgan fingerprint density at radius 1 is 1.11 bits per heavy atom. The second kappa shape index (κ2) is 11.8. The van der Waals surface area contributed by atoms with Crippen LogP contribution in [0.4, 0.5) is 0 Å². The van der Waals surface area contributed by atoms with E-state index >= 15 is 0 Å². The van der Waals surface area contributed by atoms with Crippen molar-refractivity contribution in [3.63, 3.8) is 0 Å². The Hall–Kier alpha value is -1.07. The molecule has 1 heterocycles. The maximum absolute atomic E-state index is 11.2. The van der Waals surface area contributed by atoms with Gasteiger partial charge in [0.05, 0.1) is 12.2 Å². The van der Waals surface area contributed by atoms with Crippen molar-refractivity contribution in [1.29, 1.82) is 0 Å². The smallest absolute Gasteiger partial charge is 0.225 e. The molecule has 2 aliphatic rings.